The normalized spacial score (nSPS) is 28.9. The molecule has 3 nitrogen and oxygen atoms in total. The topological polar surface area (TPSA) is 46.2 Å². The first-order chi connectivity index (χ1) is 9.70. The van der Waals surface area contributed by atoms with E-state index in [4.69, 9.17) is 0 Å². The highest BCUT2D eigenvalue weighted by molar-refractivity contribution is 7.90. The molecule has 0 bridgehead atoms. The lowest BCUT2D eigenvalue weighted by Gasteiger charge is -2.58. The largest absolute Gasteiger partial charge is 0.215 e. The molecule has 0 aromatic rings. The summed E-state index contributed by atoms with van der Waals surface area (Å²) in [5.74, 6) is 0.0139. The summed E-state index contributed by atoms with van der Waals surface area (Å²) in [6.45, 7) is 25.7. The maximum Gasteiger partial charge on any atom is 0.215 e. The van der Waals surface area contributed by atoms with Gasteiger partial charge in [0.15, 0.2) is 0 Å². The van der Waals surface area contributed by atoms with Gasteiger partial charge in [-0.05, 0) is 21.7 Å². The van der Waals surface area contributed by atoms with Crippen molar-refractivity contribution in [2.75, 3.05) is 0 Å². The lowest BCUT2D eigenvalue weighted by molar-refractivity contribution is -0.0521. The molecular formula is C19H39NO2S. The molecule has 2 atom stereocenters. The zero-order chi connectivity index (χ0) is 18.9. The Morgan fingerprint density at radius 2 is 1.04 bits per heavy atom. The number of hydrogen-bond donors (Lipinski definition) is 1. The molecule has 1 aliphatic heterocycles. The first kappa shape index (κ1) is 21.0. The summed E-state index contributed by atoms with van der Waals surface area (Å²) < 4.78 is 29.7. The third-order valence-electron chi connectivity index (χ3n) is 5.56. The van der Waals surface area contributed by atoms with Gasteiger partial charge in [-0.15, -0.1) is 0 Å². The molecule has 0 saturated carbocycles. The minimum Gasteiger partial charge on any atom is -0.212 e. The van der Waals surface area contributed by atoms with Crippen LogP contribution < -0.4 is 4.72 Å². The molecule has 0 radical (unpaired) electrons. The van der Waals surface area contributed by atoms with E-state index in [9.17, 15) is 8.42 Å². The number of sulfonamides is 1. The zero-order valence-corrected chi connectivity index (χ0v) is 18.2. The van der Waals surface area contributed by atoms with Gasteiger partial charge in [0, 0.05) is 11.5 Å². The van der Waals surface area contributed by atoms with Gasteiger partial charge in [-0.2, -0.15) is 0 Å². The van der Waals surface area contributed by atoms with Crippen LogP contribution in [-0.2, 0) is 10.0 Å². The smallest absolute Gasteiger partial charge is 0.212 e. The molecule has 2 unspecified atom stereocenters. The fourth-order valence-electron chi connectivity index (χ4n) is 5.19. The molecule has 1 aliphatic rings. The van der Waals surface area contributed by atoms with E-state index < -0.39 is 20.8 Å². The van der Waals surface area contributed by atoms with Crippen molar-refractivity contribution in [1.82, 2.24) is 4.72 Å². The van der Waals surface area contributed by atoms with Crippen molar-refractivity contribution in [3.8, 4) is 0 Å². The zero-order valence-electron chi connectivity index (χ0n) is 17.4. The van der Waals surface area contributed by atoms with E-state index in [1.807, 2.05) is 0 Å². The molecule has 0 amide bonds. The number of rotatable bonds is 0. The second kappa shape index (κ2) is 5.20. The van der Waals surface area contributed by atoms with E-state index in [1.165, 1.54) is 0 Å². The minimum atomic E-state index is -3.40. The predicted octanol–water partition coefficient (Wildman–Crippen LogP) is 4.83. The van der Waals surface area contributed by atoms with Crippen molar-refractivity contribution in [3.63, 3.8) is 0 Å². The third-order valence-corrected chi connectivity index (χ3v) is 7.81. The molecule has 1 saturated heterocycles. The van der Waals surface area contributed by atoms with E-state index in [-0.39, 0.29) is 27.6 Å². The molecule has 0 aliphatic carbocycles. The molecule has 1 heterocycles. The number of nitrogens with one attached hydrogen (secondary N) is 1. The van der Waals surface area contributed by atoms with Gasteiger partial charge in [0.2, 0.25) is 10.0 Å². The van der Waals surface area contributed by atoms with Crippen LogP contribution in [0.2, 0.25) is 0 Å². The Kier molecular flexibility index (Phi) is 4.74. The van der Waals surface area contributed by atoms with Crippen molar-refractivity contribution in [3.05, 3.63) is 0 Å². The van der Waals surface area contributed by atoms with Crippen LogP contribution in [-0.4, -0.2) is 19.2 Å². The Hall–Kier alpha value is -0.0900. The maximum absolute atomic E-state index is 13.3. The summed E-state index contributed by atoms with van der Waals surface area (Å²) in [7, 11) is -3.40. The van der Waals surface area contributed by atoms with Gasteiger partial charge in [-0.3, -0.25) is 0 Å². The summed E-state index contributed by atoms with van der Waals surface area (Å²) >= 11 is 0. The Morgan fingerprint density at radius 1 is 0.696 bits per heavy atom. The van der Waals surface area contributed by atoms with Crippen molar-refractivity contribution in [1.29, 1.82) is 0 Å². The molecule has 138 valence electrons. The van der Waals surface area contributed by atoms with Crippen LogP contribution in [0.15, 0.2) is 0 Å². The van der Waals surface area contributed by atoms with Gasteiger partial charge in [0.05, 0.1) is 5.25 Å². The predicted molar refractivity (Wildman–Crippen MR) is 99.9 cm³/mol. The molecule has 1 N–H and O–H groups in total. The van der Waals surface area contributed by atoms with Gasteiger partial charge in [-0.25, -0.2) is 13.1 Å². The monoisotopic (exact) mass is 345 g/mol. The van der Waals surface area contributed by atoms with E-state index in [2.05, 4.69) is 87.8 Å². The van der Waals surface area contributed by atoms with E-state index in [1.54, 1.807) is 0 Å². The van der Waals surface area contributed by atoms with Gasteiger partial charge in [-0.1, -0.05) is 83.1 Å². The molecule has 0 aromatic heterocycles. The first-order valence-corrected chi connectivity index (χ1v) is 10.3. The fraction of sp³-hybridized carbons (Fsp3) is 1.00. The van der Waals surface area contributed by atoms with E-state index in [0.29, 0.717) is 0 Å². The summed E-state index contributed by atoms with van der Waals surface area (Å²) in [6.07, 6.45) is 0. The highest BCUT2D eigenvalue weighted by Crippen LogP contribution is 2.61. The van der Waals surface area contributed by atoms with Crippen LogP contribution in [0.4, 0.5) is 0 Å². The van der Waals surface area contributed by atoms with Crippen LogP contribution in [0.3, 0.4) is 0 Å². The lowest BCUT2D eigenvalue weighted by Crippen LogP contribution is -2.66. The summed E-state index contributed by atoms with van der Waals surface area (Å²) in [5.41, 5.74) is -1.35. The van der Waals surface area contributed by atoms with Crippen molar-refractivity contribution < 1.29 is 8.42 Å². The quantitative estimate of drug-likeness (QED) is 0.683. The Balaban J connectivity index is 3.92. The molecule has 23 heavy (non-hydrogen) atoms. The van der Waals surface area contributed by atoms with Crippen molar-refractivity contribution in [2.24, 2.45) is 27.6 Å². The third kappa shape index (κ3) is 3.22. The van der Waals surface area contributed by atoms with Crippen LogP contribution in [0, 0.1) is 27.6 Å². The van der Waals surface area contributed by atoms with Gasteiger partial charge < -0.3 is 0 Å². The minimum absolute atomic E-state index is 0.0139. The molecule has 4 heteroatoms. The Labute approximate surface area is 145 Å². The first-order valence-electron chi connectivity index (χ1n) is 8.72. The van der Waals surface area contributed by atoms with Crippen LogP contribution in [0.25, 0.3) is 0 Å². The maximum atomic E-state index is 13.3. The molecule has 0 spiro atoms. The fourth-order valence-corrected chi connectivity index (χ4v) is 8.41. The van der Waals surface area contributed by atoms with E-state index >= 15 is 0 Å². The van der Waals surface area contributed by atoms with Crippen LogP contribution >= 0.6 is 0 Å². The van der Waals surface area contributed by atoms with Crippen LogP contribution in [0.1, 0.15) is 83.1 Å². The highest BCUT2D eigenvalue weighted by Gasteiger charge is 2.70. The standard InChI is InChI=1S/C19H39NO2S/c1-15(2,3)13-14(16(4,5)6)23(21,22)20-19(13,17(7,8)9)18(10,11)12/h13-14,20H,1-12H3. The molecule has 0 aromatic carbocycles. The van der Waals surface area contributed by atoms with Gasteiger partial charge >= 0.3 is 0 Å². The molecular weight excluding hydrogens is 306 g/mol. The average molecular weight is 346 g/mol. The summed E-state index contributed by atoms with van der Waals surface area (Å²) in [6, 6.07) is 0. The second-order valence-corrected chi connectivity index (χ2v) is 13.4. The van der Waals surface area contributed by atoms with E-state index in [0.717, 1.165) is 0 Å². The van der Waals surface area contributed by atoms with Crippen molar-refractivity contribution >= 4 is 10.0 Å². The Morgan fingerprint density at radius 3 is 1.26 bits per heavy atom. The Bertz CT molecular complexity index is 534. The van der Waals surface area contributed by atoms with Crippen LogP contribution in [0.5, 0.6) is 0 Å². The van der Waals surface area contributed by atoms with Crippen molar-refractivity contribution in [2.45, 2.75) is 93.9 Å². The average Bonchev–Trinajstić information content (AvgIpc) is 2.43. The summed E-state index contributed by atoms with van der Waals surface area (Å²) in [5, 5.41) is -0.409. The van der Waals surface area contributed by atoms with Gasteiger partial charge in [0.1, 0.15) is 0 Å². The SMILES string of the molecule is CC(C)(C)C1C(C(C)(C)C)S(=O)(=O)NC1(C(C)(C)C)C(C)(C)C. The van der Waals surface area contributed by atoms with Gasteiger partial charge in [0.25, 0.3) is 0 Å². The molecule has 1 fully saturated rings. The summed E-state index contributed by atoms with van der Waals surface area (Å²) in [4.78, 5) is 0. The second-order valence-electron chi connectivity index (χ2n) is 11.6. The number of hydrogen-bond acceptors (Lipinski definition) is 2. The highest BCUT2D eigenvalue weighted by atomic mass is 32.2. The molecule has 1 rings (SSSR count). The lowest BCUT2D eigenvalue weighted by atomic mass is 9.48.